The number of esters is 2. The van der Waals surface area contributed by atoms with Gasteiger partial charge in [0.1, 0.15) is 6.61 Å². The highest BCUT2D eigenvalue weighted by molar-refractivity contribution is 7.47. The van der Waals surface area contributed by atoms with Gasteiger partial charge < -0.3 is 20.1 Å². The number of phosphoric ester groups is 1. The van der Waals surface area contributed by atoms with E-state index in [1.165, 1.54) is 167 Å². The van der Waals surface area contributed by atoms with Crippen LogP contribution >= 0.6 is 7.82 Å². The minimum absolute atomic E-state index is 0.0486. The van der Waals surface area contributed by atoms with Crippen LogP contribution in [0, 0.1) is 0 Å². The zero-order valence-corrected chi connectivity index (χ0v) is 47.1. The SMILES string of the molecule is CC/C=C\C/C=C\C/C=C\C/C=C\C/C=C\CCCCCCCC(=O)OC(COC(=O)CCCCCCCCCCCCCCCCCCCCCCCCCCCCCCC)COP(=O)(O)OCCN. The molecule has 3 N–H and O–H groups in total. The van der Waals surface area contributed by atoms with Gasteiger partial charge in [0, 0.05) is 19.4 Å². The molecule has 10 heteroatoms. The summed E-state index contributed by atoms with van der Waals surface area (Å²) in [6.07, 6.45) is 71.5. The first-order valence-electron chi connectivity index (χ1n) is 29.8. The van der Waals surface area contributed by atoms with Crippen LogP contribution in [-0.4, -0.2) is 49.3 Å². The van der Waals surface area contributed by atoms with Crippen LogP contribution in [0.15, 0.2) is 60.8 Å². The number of unbranched alkanes of at least 4 members (excludes halogenated alkanes) is 33. The maximum Gasteiger partial charge on any atom is 0.472 e. The molecule has 0 saturated carbocycles. The van der Waals surface area contributed by atoms with E-state index in [1.807, 2.05) is 0 Å². The lowest BCUT2D eigenvalue weighted by atomic mass is 10.0. The fourth-order valence-corrected chi connectivity index (χ4v) is 9.31. The third-order valence-electron chi connectivity index (χ3n) is 12.9. The first kappa shape index (κ1) is 68.7. The van der Waals surface area contributed by atoms with Gasteiger partial charge >= 0.3 is 19.8 Å². The Morgan fingerprint density at radius 1 is 0.437 bits per heavy atom. The van der Waals surface area contributed by atoms with Crippen molar-refractivity contribution >= 4 is 19.8 Å². The molecule has 0 saturated heterocycles. The number of rotatable bonds is 56. The van der Waals surface area contributed by atoms with Crippen molar-refractivity contribution in [2.45, 2.75) is 290 Å². The zero-order valence-electron chi connectivity index (χ0n) is 46.2. The van der Waals surface area contributed by atoms with Crippen molar-refractivity contribution in [3.05, 3.63) is 60.8 Å². The van der Waals surface area contributed by atoms with Crippen LogP contribution in [0.3, 0.4) is 0 Å². The van der Waals surface area contributed by atoms with E-state index in [1.54, 1.807) is 0 Å². The van der Waals surface area contributed by atoms with Gasteiger partial charge in [-0.1, -0.05) is 274 Å². The lowest BCUT2D eigenvalue weighted by molar-refractivity contribution is -0.161. The number of hydrogen-bond donors (Lipinski definition) is 2. The number of phosphoric acid groups is 1. The summed E-state index contributed by atoms with van der Waals surface area (Å²) in [5.74, 6) is -0.841. The Morgan fingerprint density at radius 3 is 1.15 bits per heavy atom. The van der Waals surface area contributed by atoms with Crippen LogP contribution in [-0.2, 0) is 32.7 Å². The molecule has 0 heterocycles. The molecule has 0 aliphatic rings. The van der Waals surface area contributed by atoms with Gasteiger partial charge in [-0.2, -0.15) is 0 Å². The molecule has 0 bridgehead atoms. The number of hydrogen-bond acceptors (Lipinski definition) is 8. The molecule has 0 radical (unpaired) electrons. The average Bonchev–Trinajstić information content (AvgIpc) is 3.36. The van der Waals surface area contributed by atoms with E-state index in [0.29, 0.717) is 6.42 Å². The van der Waals surface area contributed by atoms with Gasteiger partial charge in [-0.15, -0.1) is 0 Å². The van der Waals surface area contributed by atoms with Crippen LogP contribution < -0.4 is 5.73 Å². The molecule has 2 atom stereocenters. The lowest BCUT2D eigenvalue weighted by Gasteiger charge is -2.19. The lowest BCUT2D eigenvalue weighted by Crippen LogP contribution is -2.29. The Balaban J connectivity index is 3.93. The van der Waals surface area contributed by atoms with E-state index < -0.39 is 26.5 Å². The van der Waals surface area contributed by atoms with E-state index >= 15 is 0 Å². The topological polar surface area (TPSA) is 134 Å². The fraction of sp³-hybridized carbons (Fsp3) is 0.803. The van der Waals surface area contributed by atoms with Gasteiger partial charge in [0.25, 0.3) is 0 Å². The van der Waals surface area contributed by atoms with Crippen LogP contribution in [0.4, 0.5) is 0 Å². The smallest absolute Gasteiger partial charge is 0.462 e. The van der Waals surface area contributed by atoms with Crippen molar-refractivity contribution in [1.29, 1.82) is 0 Å². The summed E-state index contributed by atoms with van der Waals surface area (Å²) in [6.45, 7) is 3.64. The minimum Gasteiger partial charge on any atom is -0.462 e. The van der Waals surface area contributed by atoms with Gasteiger partial charge in [-0.3, -0.25) is 18.6 Å². The molecule has 9 nitrogen and oxygen atoms in total. The first-order chi connectivity index (χ1) is 34.8. The Morgan fingerprint density at radius 2 is 0.775 bits per heavy atom. The molecule has 0 amide bonds. The largest absolute Gasteiger partial charge is 0.472 e. The Kier molecular flexibility index (Phi) is 55.2. The first-order valence-corrected chi connectivity index (χ1v) is 31.3. The number of allylic oxidation sites excluding steroid dienone is 10. The average molecular weight is 1020 g/mol. The molecular weight excluding hydrogens is 906 g/mol. The number of ether oxygens (including phenoxy) is 2. The van der Waals surface area contributed by atoms with Gasteiger partial charge in [0.2, 0.25) is 0 Å². The van der Waals surface area contributed by atoms with Crippen LogP contribution in [0.25, 0.3) is 0 Å². The monoisotopic (exact) mass is 1020 g/mol. The predicted molar refractivity (Wildman–Crippen MR) is 303 cm³/mol. The highest BCUT2D eigenvalue weighted by Gasteiger charge is 2.26. The van der Waals surface area contributed by atoms with Crippen molar-refractivity contribution in [2.75, 3.05) is 26.4 Å². The molecule has 0 aliphatic heterocycles. The van der Waals surface area contributed by atoms with E-state index in [9.17, 15) is 19.0 Å². The van der Waals surface area contributed by atoms with Crippen molar-refractivity contribution < 1.29 is 37.6 Å². The summed E-state index contributed by atoms with van der Waals surface area (Å²) >= 11 is 0. The van der Waals surface area contributed by atoms with Gasteiger partial charge in [0.05, 0.1) is 13.2 Å². The van der Waals surface area contributed by atoms with Gasteiger partial charge in [-0.25, -0.2) is 4.57 Å². The molecule has 2 unspecified atom stereocenters. The summed E-state index contributed by atoms with van der Waals surface area (Å²) in [6, 6.07) is 0. The van der Waals surface area contributed by atoms with Crippen LogP contribution in [0.5, 0.6) is 0 Å². The highest BCUT2D eigenvalue weighted by Crippen LogP contribution is 2.43. The van der Waals surface area contributed by atoms with E-state index in [4.69, 9.17) is 24.3 Å². The molecule has 0 spiro atoms. The summed E-state index contributed by atoms with van der Waals surface area (Å²) in [4.78, 5) is 35.2. The summed E-state index contributed by atoms with van der Waals surface area (Å²) < 4.78 is 33.0. The molecular formula is C61H112NO8P. The molecule has 0 rings (SSSR count). The Bertz CT molecular complexity index is 1350. The van der Waals surface area contributed by atoms with Crippen LogP contribution in [0.1, 0.15) is 284 Å². The molecule has 0 aromatic heterocycles. The van der Waals surface area contributed by atoms with E-state index in [2.05, 4.69) is 74.6 Å². The van der Waals surface area contributed by atoms with Crippen molar-refractivity contribution in [3.63, 3.8) is 0 Å². The quantitative estimate of drug-likeness (QED) is 0.0264. The zero-order chi connectivity index (χ0) is 51.7. The summed E-state index contributed by atoms with van der Waals surface area (Å²) in [5.41, 5.74) is 5.38. The molecule has 414 valence electrons. The van der Waals surface area contributed by atoms with Crippen molar-refractivity contribution in [1.82, 2.24) is 0 Å². The third-order valence-corrected chi connectivity index (χ3v) is 13.9. The maximum atomic E-state index is 12.7. The standard InChI is InChI=1S/C61H112NO8P/c1-3-5-7-9-11-13-15-17-19-21-23-25-26-27-28-29-30-31-32-34-35-37-39-41-43-45-47-49-51-53-60(63)67-57-59(58-69-71(65,66)68-56-55-62)70-61(64)54-52-50-48-46-44-42-40-38-36-33-24-22-20-18-16-14-12-10-8-6-4-2/h6,8,12,14,18,20,24,33,38,40,59H,3-5,7,9-11,13,15-17,19,21-23,25-32,34-37,39,41-58,62H2,1-2H3,(H,65,66)/b8-6-,14-12-,20-18-,33-24-,40-38-. The Labute approximate surface area is 438 Å². The van der Waals surface area contributed by atoms with Crippen molar-refractivity contribution in [3.8, 4) is 0 Å². The molecule has 0 fully saturated rings. The molecule has 0 aromatic rings. The fourth-order valence-electron chi connectivity index (χ4n) is 8.55. The normalized spacial score (nSPS) is 13.5. The highest BCUT2D eigenvalue weighted by atomic mass is 31.2. The van der Waals surface area contributed by atoms with Crippen molar-refractivity contribution in [2.24, 2.45) is 5.73 Å². The summed E-state index contributed by atoms with van der Waals surface area (Å²) in [5, 5.41) is 0. The second kappa shape index (κ2) is 57.0. The molecule has 0 aliphatic carbocycles. The summed E-state index contributed by atoms with van der Waals surface area (Å²) in [7, 11) is -4.39. The second-order valence-electron chi connectivity index (χ2n) is 19.8. The van der Waals surface area contributed by atoms with Gasteiger partial charge in [0.15, 0.2) is 6.10 Å². The number of carbonyl (C=O) groups is 2. The molecule has 71 heavy (non-hydrogen) atoms. The van der Waals surface area contributed by atoms with E-state index in [0.717, 1.165) is 83.5 Å². The maximum absolute atomic E-state index is 12.7. The third kappa shape index (κ3) is 56.9. The predicted octanol–water partition coefficient (Wildman–Crippen LogP) is 18.7. The second-order valence-corrected chi connectivity index (χ2v) is 21.3. The van der Waals surface area contributed by atoms with Crippen LogP contribution in [0.2, 0.25) is 0 Å². The van der Waals surface area contributed by atoms with E-state index in [-0.39, 0.29) is 38.6 Å². The number of nitrogens with two attached hydrogens (primary N) is 1. The molecule has 0 aromatic carbocycles. The Hall–Kier alpha value is -2.29. The van der Waals surface area contributed by atoms with Gasteiger partial charge in [-0.05, 0) is 57.8 Å². The number of carbonyl (C=O) groups excluding carboxylic acids is 2. The minimum atomic E-state index is -4.39.